The van der Waals surface area contributed by atoms with Crippen LogP contribution in [0.2, 0.25) is 10.0 Å². The maximum Gasteiger partial charge on any atom is 0.248 e. The van der Waals surface area contributed by atoms with Crippen molar-refractivity contribution in [1.29, 1.82) is 0 Å². The van der Waals surface area contributed by atoms with E-state index in [0.717, 1.165) is 33.3 Å². The van der Waals surface area contributed by atoms with Gasteiger partial charge >= 0.3 is 0 Å². The van der Waals surface area contributed by atoms with Crippen molar-refractivity contribution in [3.63, 3.8) is 0 Å². The third kappa shape index (κ3) is 3.60. The van der Waals surface area contributed by atoms with Crippen molar-refractivity contribution >= 4 is 39.9 Å². The van der Waals surface area contributed by atoms with Crippen LogP contribution in [0.4, 0.5) is 0 Å². The minimum atomic E-state index is -0.472. The summed E-state index contributed by atoms with van der Waals surface area (Å²) in [6.07, 6.45) is 0. The summed E-state index contributed by atoms with van der Waals surface area (Å²) in [7, 11) is 0. The van der Waals surface area contributed by atoms with E-state index >= 15 is 0 Å². The summed E-state index contributed by atoms with van der Waals surface area (Å²) >= 11 is 12.2. The Morgan fingerprint density at radius 1 is 0.781 bits per heavy atom. The van der Waals surface area contributed by atoms with Crippen LogP contribution in [-0.4, -0.2) is 26.3 Å². The lowest BCUT2D eigenvalue weighted by atomic mass is 10.0. The number of nitrogens with zero attached hydrogens (tertiary/aromatic N) is 3. The summed E-state index contributed by atoms with van der Waals surface area (Å²) in [6.45, 7) is 0. The normalized spacial score (nSPS) is 11.1. The lowest BCUT2D eigenvalue weighted by molar-refractivity contribution is 0.100. The molecule has 0 fully saturated rings. The maximum absolute atomic E-state index is 11.4. The fourth-order valence-electron chi connectivity index (χ4n) is 3.55. The van der Waals surface area contributed by atoms with E-state index in [1.165, 1.54) is 0 Å². The number of nitrogens with two attached hydrogens (primary N) is 1. The zero-order valence-electron chi connectivity index (χ0n) is 16.5. The second-order valence-electron chi connectivity index (χ2n) is 7.18. The van der Waals surface area contributed by atoms with Gasteiger partial charge in [0.05, 0.1) is 21.4 Å². The Bertz CT molecular complexity index is 1480. The Morgan fingerprint density at radius 2 is 1.44 bits per heavy atom. The molecular weight excluding hydrogens is 445 g/mol. The Balaban J connectivity index is 1.59. The second-order valence-corrected chi connectivity index (χ2v) is 7.99. The number of hydrogen-bond donors (Lipinski definition) is 2. The second kappa shape index (κ2) is 8.07. The van der Waals surface area contributed by atoms with Gasteiger partial charge in [-0.15, -0.1) is 10.2 Å². The number of carbonyl (C=O) groups excluding carboxylic acids is 1. The van der Waals surface area contributed by atoms with Gasteiger partial charge in [-0.05, 0) is 30.3 Å². The molecule has 2 heterocycles. The highest BCUT2D eigenvalue weighted by Crippen LogP contribution is 2.34. The Hall–Kier alpha value is -3.74. The van der Waals surface area contributed by atoms with Crippen molar-refractivity contribution < 1.29 is 4.79 Å². The van der Waals surface area contributed by atoms with E-state index in [2.05, 4.69) is 20.4 Å². The number of nitrogens with one attached hydrogen (secondary N) is 1. The van der Waals surface area contributed by atoms with Gasteiger partial charge in [-0.25, -0.2) is 0 Å². The van der Waals surface area contributed by atoms with Crippen LogP contribution in [-0.2, 0) is 0 Å². The molecule has 0 unspecified atom stereocenters. The largest absolute Gasteiger partial charge is 0.366 e. The molecule has 0 saturated carbocycles. The molecule has 6 nitrogen and oxygen atoms in total. The number of carbonyl (C=O) groups is 1. The number of hydrogen-bond acceptors (Lipinski definition) is 4. The van der Waals surface area contributed by atoms with Gasteiger partial charge in [0.25, 0.3) is 0 Å². The lowest BCUT2D eigenvalue weighted by Crippen LogP contribution is -2.10. The first-order chi connectivity index (χ1) is 15.5. The molecule has 3 aromatic carbocycles. The lowest BCUT2D eigenvalue weighted by Gasteiger charge is -2.09. The average Bonchev–Trinajstić information content (AvgIpc) is 3.30. The number of amides is 1. The summed E-state index contributed by atoms with van der Waals surface area (Å²) in [6, 6.07) is 22.1. The van der Waals surface area contributed by atoms with E-state index in [1.807, 2.05) is 48.5 Å². The fraction of sp³-hybridized carbons (Fsp3) is 0. The van der Waals surface area contributed by atoms with Crippen molar-refractivity contribution in [1.82, 2.24) is 20.4 Å². The van der Waals surface area contributed by atoms with Gasteiger partial charge in [0, 0.05) is 27.5 Å². The maximum atomic E-state index is 11.4. The predicted octanol–water partition coefficient (Wildman–Crippen LogP) is 5.76. The first-order valence-corrected chi connectivity index (χ1v) is 10.4. The van der Waals surface area contributed by atoms with Gasteiger partial charge in [-0.2, -0.15) is 5.10 Å². The van der Waals surface area contributed by atoms with Crippen molar-refractivity contribution in [3.05, 3.63) is 88.4 Å². The molecule has 1 amide bonds. The minimum absolute atomic E-state index is 0.440. The van der Waals surface area contributed by atoms with Crippen molar-refractivity contribution in [2.45, 2.75) is 0 Å². The van der Waals surface area contributed by atoms with Crippen LogP contribution in [0.3, 0.4) is 0 Å². The van der Waals surface area contributed by atoms with Gasteiger partial charge in [-0.3, -0.25) is 9.89 Å². The van der Waals surface area contributed by atoms with Gasteiger partial charge in [0.2, 0.25) is 5.91 Å². The third-order valence-electron chi connectivity index (χ3n) is 5.18. The molecule has 156 valence electrons. The molecular formula is C24H15Cl2N5O. The zero-order chi connectivity index (χ0) is 22.2. The molecule has 0 radical (unpaired) electrons. The summed E-state index contributed by atoms with van der Waals surface area (Å²) in [5, 5.41) is 19.2. The van der Waals surface area contributed by atoms with Crippen LogP contribution in [0.5, 0.6) is 0 Å². The van der Waals surface area contributed by atoms with E-state index in [9.17, 15) is 4.79 Å². The highest BCUT2D eigenvalue weighted by molar-refractivity contribution is 6.42. The molecule has 0 aliphatic heterocycles. The fourth-order valence-corrected chi connectivity index (χ4v) is 3.85. The SMILES string of the molecule is NC(=O)c1ccc(-c2nnc(-c3cc(-c4ccc(Cl)c(Cl)c4)n[nH]3)c3ccccc23)cc1. The van der Waals surface area contributed by atoms with Crippen molar-refractivity contribution in [2.75, 3.05) is 0 Å². The quantitative estimate of drug-likeness (QED) is 0.356. The van der Waals surface area contributed by atoms with Crippen LogP contribution in [0, 0.1) is 0 Å². The van der Waals surface area contributed by atoms with Crippen LogP contribution < -0.4 is 5.73 Å². The zero-order valence-corrected chi connectivity index (χ0v) is 18.0. The van der Waals surface area contributed by atoms with Crippen LogP contribution in [0.25, 0.3) is 44.7 Å². The van der Waals surface area contributed by atoms with E-state index in [1.54, 1.807) is 24.3 Å². The number of primary amides is 1. The number of rotatable bonds is 4. The van der Waals surface area contributed by atoms with Crippen LogP contribution in [0.15, 0.2) is 72.8 Å². The molecule has 0 aliphatic rings. The average molecular weight is 460 g/mol. The number of halogens is 2. The number of fused-ring (bicyclic) bond motifs is 1. The molecule has 2 aromatic heterocycles. The first kappa shape index (κ1) is 20.2. The van der Waals surface area contributed by atoms with E-state index in [4.69, 9.17) is 28.9 Å². The molecule has 5 rings (SSSR count). The van der Waals surface area contributed by atoms with Crippen LogP contribution in [0.1, 0.15) is 10.4 Å². The Morgan fingerprint density at radius 3 is 2.12 bits per heavy atom. The monoisotopic (exact) mass is 459 g/mol. The minimum Gasteiger partial charge on any atom is -0.366 e. The third-order valence-corrected chi connectivity index (χ3v) is 5.92. The summed E-state index contributed by atoms with van der Waals surface area (Å²) in [5.41, 5.74) is 10.3. The van der Waals surface area contributed by atoms with Gasteiger partial charge in [0.15, 0.2) is 0 Å². The molecule has 5 aromatic rings. The van der Waals surface area contributed by atoms with E-state index < -0.39 is 5.91 Å². The van der Waals surface area contributed by atoms with E-state index in [-0.39, 0.29) is 0 Å². The van der Waals surface area contributed by atoms with E-state index in [0.29, 0.717) is 27.0 Å². The Kier molecular flexibility index (Phi) is 5.09. The highest BCUT2D eigenvalue weighted by atomic mass is 35.5. The number of H-pyrrole nitrogens is 1. The summed E-state index contributed by atoms with van der Waals surface area (Å²) < 4.78 is 0. The Labute approximate surface area is 193 Å². The number of aromatic nitrogens is 4. The smallest absolute Gasteiger partial charge is 0.248 e. The summed E-state index contributed by atoms with van der Waals surface area (Å²) in [5.74, 6) is -0.472. The molecule has 0 bridgehead atoms. The predicted molar refractivity (Wildman–Crippen MR) is 127 cm³/mol. The topological polar surface area (TPSA) is 97.6 Å². The van der Waals surface area contributed by atoms with Crippen LogP contribution >= 0.6 is 23.2 Å². The molecule has 0 atom stereocenters. The van der Waals surface area contributed by atoms with Gasteiger partial charge in [-0.1, -0.05) is 65.7 Å². The molecule has 32 heavy (non-hydrogen) atoms. The van der Waals surface area contributed by atoms with Gasteiger partial charge < -0.3 is 5.73 Å². The molecule has 0 aliphatic carbocycles. The van der Waals surface area contributed by atoms with Gasteiger partial charge in [0.1, 0.15) is 11.4 Å². The van der Waals surface area contributed by atoms with Crippen molar-refractivity contribution in [3.8, 4) is 33.9 Å². The number of benzene rings is 3. The standard InChI is InChI=1S/C24H15Cl2N5O/c25-18-10-9-15(11-19(18)26)20-12-21(29-28-20)23-17-4-2-1-3-16(17)22(30-31-23)13-5-7-14(8-6-13)24(27)32/h1-12H,(H2,27,32)(H,28,29). The van der Waals surface area contributed by atoms with Crippen molar-refractivity contribution in [2.24, 2.45) is 5.73 Å². The highest BCUT2D eigenvalue weighted by Gasteiger charge is 2.15. The molecule has 0 spiro atoms. The summed E-state index contributed by atoms with van der Waals surface area (Å²) in [4.78, 5) is 11.4. The first-order valence-electron chi connectivity index (χ1n) is 9.68. The number of aromatic amines is 1. The molecule has 8 heteroatoms. The molecule has 3 N–H and O–H groups in total. The molecule has 0 saturated heterocycles.